The lowest BCUT2D eigenvalue weighted by Gasteiger charge is -2.31. The van der Waals surface area contributed by atoms with E-state index in [1.807, 2.05) is 18.2 Å². The predicted octanol–water partition coefficient (Wildman–Crippen LogP) is 2.46. The van der Waals surface area contributed by atoms with Gasteiger partial charge in [0, 0.05) is 44.6 Å². The average Bonchev–Trinajstić information content (AvgIpc) is 2.61. The molecule has 128 valence electrons. The summed E-state index contributed by atoms with van der Waals surface area (Å²) in [5, 5.41) is 3.47. The summed E-state index contributed by atoms with van der Waals surface area (Å²) in [6.45, 7) is 6.87. The lowest BCUT2D eigenvalue weighted by molar-refractivity contribution is 0.199. The van der Waals surface area contributed by atoms with Crippen LogP contribution in [-0.4, -0.2) is 42.7 Å². The van der Waals surface area contributed by atoms with Crippen molar-refractivity contribution in [3.8, 4) is 11.5 Å². The topological polar surface area (TPSA) is 46.6 Å². The Bertz CT molecular complexity index is 648. The molecule has 1 saturated heterocycles. The van der Waals surface area contributed by atoms with Crippen LogP contribution in [0.25, 0.3) is 0 Å². The van der Waals surface area contributed by atoms with Crippen LogP contribution in [-0.2, 0) is 13.2 Å². The zero-order valence-corrected chi connectivity index (χ0v) is 14.4. The third kappa shape index (κ3) is 4.46. The lowest BCUT2D eigenvalue weighted by atomic mass is 10.1. The number of nitrogens with one attached hydrogen (secondary N) is 1. The van der Waals surface area contributed by atoms with Gasteiger partial charge in [-0.15, -0.1) is 0 Å². The summed E-state index contributed by atoms with van der Waals surface area (Å²) >= 11 is 0. The van der Waals surface area contributed by atoms with Crippen LogP contribution in [0.2, 0.25) is 0 Å². The third-order valence-corrected chi connectivity index (χ3v) is 4.23. The second kappa shape index (κ2) is 8.13. The number of hydrogen-bond acceptors (Lipinski definition) is 5. The SMILES string of the molecule is COc1cc(CN2CCNC(C)C2)ccc1OCc1ccncc1. The van der Waals surface area contributed by atoms with E-state index in [4.69, 9.17) is 9.47 Å². The molecule has 0 saturated carbocycles. The van der Waals surface area contributed by atoms with Crippen molar-refractivity contribution < 1.29 is 9.47 Å². The van der Waals surface area contributed by atoms with Gasteiger partial charge in [-0.05, 0) is 42.3 Å². The molecule has 1 N–H and O–H groups in total. The zero-order chi connectivity index (χ0) is 16.8. The van der Waals surface area contributed by atoms with E-state index in [1.54, 1.807) is 19.5 Å². The first-order valence-electron chi connectivity index (χ1n) is 8.39. The molecule has 0 amide bonds. The number of methoxy groups -OCH3 is 1. The number of rotatable bonds is 6. The molecule has 1 atom stereocenters. The minimum atomic E-state index is 0.507. The smallest absolute Gasteiger partial charge is 0.161 e. The number of benzene rings is 1. The highest BCUT2D eigenvalue weighted by molar-refractivity contribution is 5.43. The lowest BCUT2D eigenvalue weighted by Crippen LogP contribution is -2.48. The maximum atomic E-state index is 5.90. The molecule has 1 aromatic heterocycles. The van der Waals surface area contributed by atoms with Crippen molar-refractivity contribution in [2.75, 3.05) is 26.7 Å². The summed E-state index contributed by atoms with van der Waals surface area (Å²) in [5.41, 5.74) is 2.34. The van der Waals surface area contributed by atoms with Crippen molar-refractivity contribution in [3.63, 3.8) is 0 Å². The Labute approximate surface area is 143 Å². The summed E-state index contributed by atoms with van der Waals surface area (Å²) in [6, 6.07) is 10.6. The summed E-state index contributed by atoms with van der Waals surface area (Å²) in [5.74, 6) is 1.55. The fraction of sp³-hybridized carbons (Fsp3) is 0.421. The van der Waals surface area contributed by atoms with Crippen LogP contribution < -0.4 is 14.8 Å². The number of pyridine rings is 1. The maximum absolute atomic E-state index is 5.90. The number of ether oxygens (including phenoxy) is 2. The van der Waals surface area contributed by atoms with Crippen molar-refractivity contribution in [2.24, 2.45) is 0 Å². The molecule has 5 nitrogen and oxygen atoms in total. The molecule has 1 aromatic carbocycles. The minimum absolute atomic E-state index is 0.507. The van der Waals surface area contributed by atoms with Gasteiger partial charge in [0.25, 0.3) is 0 Å². The first-order valence-corrected chi connectivity index (χ1v) is 8.39. The first-order chi connectivity index (χ1) is 11.7. The molecule has 0 bridgehead atoms. The third-order valence-electron chi connectivity index (χ3n) is 4.23. The molecule has 1 fully saturated rings. The van der Waals surface area contributed by atoms with Crippen LogP contribution in [0.4, 0.5) is 0 Å². The molecular formula is C19H25N3O2. The molecule has 24 heavy (non-hydrogen) atoms. The fourth-order valence-corrected chi connectivity index (χ4v) is 2.98. The summed E-state index contributed by atoms with van der Waals surface area (Å²) < 4.78 is 11.4. The molecular weight excluding hydrogens is 302 g/mol. The predicted molar refractivity (Wildman–Crippen MR) is 94.3 cm³/mol. The van der Waals surface area contributed by atoms with E-state index >= 15 is 0 Å². The number of nitrogens with zero attached hydrogens (tertiary/aromatic N) is 2. The number of hydrogen-bond donors (Lipinski definition) is 1. The first kappa shape index (κ1) is 16.7. The highest BCUT2D eigenvalue weighted by Gasteiger charge is 2.16. The number of aromatic nitrogens is 1. The Morgan fingerprint density at radius 1 is 1.17 bits per heavy atom. The van der Waals surface area contributed by atoms with Gasteiger partial charge in [0.15, 0.2) is 11.5 Å². The van der Waals surface area contributed by atoms with Crippen molar-refractivity contribution in [1.82, 2.24) is 15.2 Å². The van der Waals surface area contributed by atoms with Crippen molar-refractivity contribution in [3.05, 3.63) is 53.9 Å². The van der Waals surface area contributed by atoms with Gasteiger partial charge < -0.3 is 14.8 Å². The van der Waals surface area contributed by atoms with E-state index in [9.17, 15) is 0 Å². The van der Waals surface area contributed by atoms with Crippen LogP contribution in [0.3, 0.4) is 0 Å². The summed E-state index contributed by atoms with van der Waals surface area (Å²) in [4.78, 5) is 6.48. The van der Waals surface area contributed by atoms with E-state index in [-0.39, 0.29) is 0 Å². The van der Waals surface area contributed by atoms with Gasteiger partial charge in [0.2, 0.25) is 0 Å². The van der Waals surface area contributed by atoms with Crippen LogP contribution in [0.1, 0.15) is 18.1 Å². The highest BCUT2D eigenvalue weighted by atomic mass is 16.5. The molecule has 2 aromatic rings. The van der Waals surface area contributed by atoms with Crippen LogP contribution >= 0.6 is 0 Å². The Balaban J connectivity index is 1.64. The Kier molecular flexibility index (Phi) is 5.67. The molecule has 1 unspecified atom stereocenters. The molecule has 0 spiro atoms. The van der Waals surface area contributed by atoms with E-state index in [0.29, 0.717) is 12.6 Å². The second-order valence-corrected chi connectivity index (χ2v) is 6.22. The maximum Gasteiger partial charge on any atom is 0.161 e. The minimum Gasteiger partial charge on any atom is -0.493 e. The molecule has 1 aliphatic heterocycles. The largest absolute Gasteiger partial charge is 0.493 e. The van der Waals surface area contributed by atoms with Gasteiger partial charge >= 0.3 is 0 Å². The Hall–Kier alpha value is -2.11. The molecule has 2 heterocycles. The van der Waals surface area contributed by atoms with Gasteiger partial charge in [-0.1, -0.05) is 6.07 Å². The molecule has 1 aliphatic rings. The summed E-state index contributed by atoms with van der Waals surface area (Å²) in [6.07, 6.45) is 3.54. The molecule has 0 aliphatic carbocycles. The van der Waals surface area contributed by atoms with Crippen molar-refractivity contribution >= 4 is 0 Å². The van der Waals surface area contributed by atoms with Gasteiger partial charge in [0.1, 0.15) is 6.61 Å². The van der Waals surface area contributed by atoms with Gasteiger partial charge in [-0.2, -0.15) is 0 Å². The monoisotopic (exact) mass is 327 g/mol. The van der Waals surface area contributed by atoms with E-state index in [2.05, 4.69) is 34.3 Å². The summed E-state index contributed by atoms with van der Waals surface area (Å²) in [7, 11) is 1.69. The van der Waals surface area contributed by atoms with E-state index in [0.717, 1.165) is 43.2 Å². The van der Waals surface area contributed by atoms with E-state index in [1.165, 1.54) is 5.56 Å². The van der Waals surface area contributed by atoms with Crippen molar-refractivity contribution in [1.29, 1.82) is 0 Å². The quantitative estimate of drug-likeness (QED) is 0.883. The number of piperazine rings is 1. The van der Waals surface area contributed by atoms with Gasteiger partial charge in [-0.25, -0.2) is 0 Å². The van der Waals surface area contributed by atoms with Gasteiger partial charge in [-0.3, -0.25) is 9.88 Å². The Morgan fingerprint density at radius 3 is 2.75 bits per heavy atom. The van der Waals surface area contributed by atoms with Gasteiger partial charge in [0.05, 0.1) is 7.11 Å². The highest BCUT2D eigenvalue weighted by Crippen LogP contribution is 2.29. The molecule has 5 heteroatoms. The fourth-order valence-electron chi connectivity index (χ4n) is 2.98. The second-order valence-electron chi connectivity index (χ2n) is 6.22. The van der Waals surface area contributed by atoms with E-state index < -0.39 is 0 Å². The normalized spacial score (nSPS) is 18.3. The Morgan fingerprint density at radius 2 is 2.00 bits per heavy atom. The average molecular weight is 327 g/mol. The van der Waals surface area contributed by atoms with Crippen molar-refractivity contribution in [2.45, 2.75) is 26.1 Å². The van der Waals surface area contributed by atoms with Crippen LogP contribution in [0.5, 0.6) is 11.5 Å². The standard InChI is InChI=1S/C19H25N3O2/c1-15-12-22(10-9-21-15)13-17-3-4-18(19(11-17)23-2)24-14-16-5-7-20-8-6-16/h3-8,11,15,21H,9-10,12-14H2,1-2H3. The molecule has 0 radical (unpaired) electrons. The molecule has 3 rings (SSSR count). The van der Waals surface area contributed by atoms with Crippen LogP contribution in [0, 0.1) is 0 Å². The van der Waals surface area contributed by atoms with Crippen LogP contribution in [0.15, 0.2) is 42.7 Å². The zero-order valence-electron chi connectivity index (χ0n) is 14.4.